The zero-order chi connectivity index (χ0) is 15.6. The monoisotopic (exact) mass is 292 g/mol. The second-order valence-corrected chi connectivity index (χ2v) is 6.11. The average molecular weight is 292 g/mol. The van der Waals surface area contributed by atoms with E-state index in [1.54, 1.807) is 32.9 Å². The van der Waals surface area contributed by atoms with Crippen LogP contribution in [0.2, 0.25) is 0 Å². The summed E-state index contributed by atoms with van der Waals surface area (Å²) in [5.41, 5.74) is 0.587. The van der Waals surface area contributed by atoms with E-state index >= 15 is 0 Å². The van der Waals surface area contributed by atoms with E-state index in [4.69, 9.17) is 4.74 Å². The second kappa shape index (κ2) is 5.63. The molecular formula is C15H20N2O4. The lowest BCUT2D eigenvalue weighted by molar-refractivity contribution is -0.119. The van der Waals surface area contributed by atoms with Crippen LogP contribution in [-0.2, 0) is 9.53 Å². The summed E-state index contributed by atoms with van der Waals surface area (Å²) in [7, 11) is 0. The minimum atomic E-state index is -0.578. The fraction of sp³-hybridized carbons (Fsp3) is 0.467. The number of phenols is 1. The number of nitrogens with one attached hydrogen (secondary N) is 2. The number of carbonyl (C=O) groups excluding carboxylic acids is 2. The largest absolute Gasteiger partial charge is 0.508 e. The highest BCUT2D eigenvalue weighted by atomic mass is 16.6. The third-order valence-electron chi connectivity index (χ3n) is 3.09. The van der Waals surface area contributed by atoms with E-state index in [0.717, 1.165) is 0 Å². The summed E-state index contributed by atoms with van der Waals surface area (Å²) < 4.78 is 5.18. The van der Waals surface area contributed by atoms with E-state index in [-0.39, 0.29) is 17.6 Å². The fourth-order valence-electron chi connectivity index (χ4n) is 2.21. The lowest BCUT2D eigenvalue weighted by Crippen LogP contribution is -2.27. The Balaban J connectivity index is 2.11. The maximum atomic E-state index is 11.7. The Hall–Kier alpha value is -2.24. The van der Waals surface area contributed by atoms with Gasteiger partial charge in [-0.15, -0.1) is 0 Å². The predicted octanol–water partition coefficient (Wildman–Crippen LogP) is 2.34. The Morgan fingerprint density at radius 3 is 2.71 bits per heavy atom. The molecule has 6 nitrogen and oxygen atoms in total. The maximum absolute atomic E-state index is 11.7. The van der Waals surface area contributed by atoms with Crippen molar-refractivity contribution >= 4 is 17.7 Å². The van der Waals surface area contributed by atoms with Gasteiger partial charge in [-0.3, -0.25) is 10.1 Å². The standard InChI is InChI=1S/C15H20N2O4/c1-15(2,3)21-14(20)17-10-4-5-12(18)11(7-10)9-6-13(19)16-8-9/h4-5,7,9,18H,6,8H2,1-3H3,(H,16,19)(H,17,20). The van der Waals surface area contributed by atoms with E-state index < -0.39 is 11.7 Å². The first kappa shape index (κ1) is 15.2. The van der Waals surface area contributed by atoms with Crippen LogP contribution in [0, 0.1) is 0 Å². The van der Waals surface area contributed by atoms with Gasteiger partial charge in [0.05, 0.1) is 0 Å². The highest BCUT2D eigenvalue weighted by molar-refractivity contribution is 5.85. The molecule has 1 saturated heterocycles. The average Bonchev–Trinajstić information content (AvgIpc) is 2.76. The molecule has 0 aromatic heterocycles. The SMILES string of the molecule is CC(C)(C)OC(=O)Nc1ccc(O)c(C2CNC(=O)C2)c1. The quantitative estimate of drug-likeness (QED) is 0.730. The van der Waals surface area contributed by atoms with Crippen molar-refractivity contribution in [1.82, 2.24) is 5.32 Å². The summed E-state index contributed by atoms with van der Waals surface area (Å²) in [6, 6.07) is 4.77. The molecule has 0 bridgehead atoms. The smallest absolute Gasteiger partial charge is 0.412 e. The number of ether oxygens (including phenoxy) is 1. The van der Waals surface area contributed by atoms with E-state index in [0.29, 0.717) is 24.2 Å². The van der Waals surface area contributed by atoms with E-state index in [1.807, 2.05) is 0 Å². The van der Waals surface area contributed by atoms with Gasteiger partial charge in [0.1, 0.15) is 11.4 Å². The number of rotatable bonds is 2. The van der Waals surface area contributed by atoms with Crippen molar-refractivity contribution in [3.8, 4) is 5.75 Å². The number of aromatic hydroxyl groups is 1. The number of amides is 2. The molecule has 2 rings (SSSR count). The molecule has 1 atom stereocenters. The third-order valence-corrected chi connectivity index (χ3v) is 3.09. The highest BCUT2D eigenvalue weighted by Crippen LogP contribution is 2.32. The molecular weight excluding hydrogens is 272 g/mol. The van der Waals surface area contributed by atoms with Gasteiger partial charge >= 0.3 is 6.09 Å². The molecule has 0 aliphatic carbocycles. The van der Waals surface area contributed by atoms with Crippen molar-refractivity contribution < 1.29 is 19.4 Å². The highest BCUT2D eigenvalue weighted by Gasteiger charge is 2.25. The van der Waals surface area contributed by atoms with Crippen molar-refractivity contribution in [1.29, 1.82) is 0 Å². The van der Waals surface area contributed by atoms with Gasteiger partial charge in [0.15, 0.2) is 0 Å². The van der Waals surface area contributed by atoms with Crippen LogP contribution in [0.5, 0.6) is 5.75 Å². The Morgan fingerprint density at radius 1 is 1.43 bits per heavy atom. The van der Waals surface area contributed by atoms with Crippen LogP contribution < -0.4 is 10.6 Å². The van der Waals surface area contributed by atoms with Gasteiger partial charge in [-0.25, -0.2) is 4.79 Å². The van der Waals surface area contributed by atoms with Gasteiger partial charge in [0.2, 0.25) is 5.91 Å². The summed E-state index contributed by atoms with van der Waals surface area (Å²) in [6.07, 6.45) is -0.219. The second-order valence-electron chi connectivity index (χ2n) is 6.11. The van der Waals surface area contributed by atoms with Gasteiger partial charge in [-0.2, -0.15) is 0 Å². The minimum Gasteiger partial charge on any atom is -0.508 e. The maximum Gasteiger partial charge on any atom is 0.412 e. The van der Waals surface area contributed by atoms with Crippen LogP contribution in [0.25, 0.3) is 0 Å². The summed E-state index contributed by atoms with van der Waals surface area (Å²) in [6.45, 7) is 5.84. The first-order valence-corrected chi connectivity index (χ1v) is 6.84. The molecule has 1 aromatic carbocycles. The summed E-state index contributed by atoms with van der Waals surface area (Å²) >= 11 is 0. The molecule has 0 saturated carbocycles. The van der Waals surface area contributed by atoms with Crippen molar-refractivity contribution in [2.75, 3.05) is 11.9 Å². The van der Waals surface area contributed by atoms with Crippen molar-refractivity contribution in [3.05, 3.63) is 23.8 Å². The van der Waals surface area contributed by atoms with Crippen LogP contribution >= 0.6 is 0 Å². The zero-order valence-corrected chi connectivity index (χ0v) is 12.4. The molecule has 114 valence electrons. The molecule has 0 spiro atoms. The number of benzene rings is 1. The molecule has 1 aromatic rings. The molecule has 1 fully saturated rings. The minimum absolute atomic E-state index is 0.0371. The Kier molecular flexibility index (Phi) is 4.06. The molecule has 1 aliphatic rings. The lowest BCUT2D eigenvalue weighted by Gasteiger charge is -2.20. The lowest BCUT2D eigenvalue weighted by atomic mass is 9.97. The van der Waals surface area contributed by atoms with Gasteiger partial charge in [-0.05, 0) is 39.0 Å². The Bertz CT molecular complexity index is 563. The fourth-order valence-corrected chi connectivity index (χ4v) is 2.21. The van der Waals surface area contributed by atoms with Crippen molar-refractivity contribution in [2.24, 2.45) is 0 Å². The molecule has 1 aliphatic heterocycles. The van der Waals surface area contributed by atoms with Crippen LogP contribution in [0.15, 0.2) is 18.2 Å². The number of phenolic OH excluding ortho intramolecular Hbond substituents is 1. The molecule has 1 unspecified atom stereocenters. The summed E-state index contributed by atoms with van der Waals surface area (Å²) in [4.78, 5) is 23.0. The van der Waals surface area contributed by atoms with E-state index in [2.05, 4.69) is 10.6 Å². The molecule has 0 radical (unpaired) electrons. The first-order valence-electron chi connectivity index (χ1n) is 6.84. The van der Waals surface area contributed by atoms with Crippen LogP contribution in [0.1, 0.15) is 38.7 Å². The molecule has 3 N–H and O–H groups in total. The third kappa shape index (κ3) is 4.11. The number of carbonyl (C=O) groups is 2. The number of hydrogen-bond donors (Lipinski definition) is 3. The molecule has 1 heterocycles. The Labute approximate surface area is 123 Å². The molecule has 6 heteroatoms. The normalized spacial score (nSPS) is 18.2. The van der Waals surface area contributed by atoms with Crippen molar-refractivity contribution in [2.45, 2.75) is 38.7 Å². The van der Waals surface area contributed by atoms with Gasteiger partial charge in [0.25, 0.3) is 0 Å². The predicted molar refractivity (Wildman–Crippen MR) is 78.3 cm³/mol. The van der Waals surface area contributed by atoms with Gasteiger partial charge < -0.3 is 15.2 Å². The first-order chi connectivity index (χ1) is 9.74. The van der Waals surface area contributed by atoms with E-state index in [9.17, 15) is 14.7 Å². The number of hydrogen-bond acceptors (Lipinski definition) is 4. The van der Waals surface area contributed by atoms with Crippen LogP contribution in [0.4, 0.5) is 10.5 Å². The Morgan fingerprint density at radius 2 is 2.14 bits per heavy atom. The van der Waals surface area contributed by atoms with Gasteiger partial charge in [0, 0.05) is 30.1 Å². The van der Waals surface area contributed by atoms with E-state index in [1.165, 1.54) is 6.07 Å². The summed E-state index contributed by atoms with van der Waals surface area (Å²) in [5, 5.41) is 15.3. The van der Waals surface area contributed by atoms with Gasteiger partial charge in [-0.1, -0.05) is 0 Å². The molecule has 2 amide bonds. The summed E-state index contributed by atoms with van der Waals surface area (Å²) in [5.74, 6) is -0.00553. The zero-order valence-electron chi connectivity index (χ0n) is 12.4. The molecule has 21 heavy (non-hydrogen) atoms. The van der Waals surface area contributed by atoms with Crippen molar-refractivity contribution in [3.63, 3.8) is 0 Å². The topological polar surface area (TPSA) is 87.7 Å². The van der Waals surface area contributed by atoms with Crippen LogP contribution in [-0.4, -0.2) is 29.3 Å². The van der Waals surface area contributed by atoms with Crippen LogP contribution in [0.3, 0.4) is 0 Å². The number of anilines is 1.